The van der Waals surface area contributed by atoms with Gasteiger partial charge in [-0.2, -0.15) is 0 Å². The number of esters is 1. The number of carbonyl (C=O) groups excluding carboxylic acids is 3. The van der Waals surface area contributed by atoms with E-state index in [0.717, 1.165) is 0 Å². The van der Waals surface area contributed by atoms with Crippen molar-refractivity contribution in [2.75, 3.05) is 21.3 Å². The lowest BCUT2D eigenvalue weighted by atomic mass is 9.97. The Labute approximate surface area is 185 Å². The standard InChI is InChI=1S/C26H20O6/c1-30-21-14-17(15-22(16-21)31-2)8-9-18-6-4-5-7-23(18)25(28)24(27)19-10-12-20(13-11-19)26(29)32-3/h4-7,10-16H,1-3H3. The molecule has 32 heavy (non-hydrogen) atoms. The number of ether oxygens (including phenoxy) is 3. The van der Waals surface area contributed by atoms with E-state index in [0.29, 0.717) is 22.6 Å². The lowest BCUT2D eigenvalue weighted by Crippen LogP contribution is -2.16. The second-order valence-corrected chi connectivity index (χ2v) is 6.62. The third kappa shape index (κ3) is 5.02. The maximum atomic E-state index is 12.9. The first-order valence-electron chi connectivity index (χ1n) is 9.58. The number of methoxy groups -OCH3 is 3. The SMILES string of the molecule is COC(=O)c1ccc(C(=O)C(=O)c2ccccc2C#Cc2cc(OC)cc(OC)c2)cc1. The van der Waals surface area contributed by atoms with Gasteiger partial charge in [0, 0.05) is 28.3 Å². The zero-order valence-corrected chi connectivity index (χ0v) is 17.8. The summed E-state index contributed by atoms with van der Waals surface area (Å²) in [5.74, 6) is 5.21. The van der Waals surface area contributed by atoms with E-state index in [9.17, 15) is 14.4 Å². The van der Waals surface area contributed by atoms with Gasteiger partial charge in [-0.15, -0.1) is 0 Å². The molecule has 160 valence electrons. The zero-order chi connectivity index (χ0) is 23.1. The molecule has 0 saturated carbocycles. The first-order chi connectivity index (χ1) is 15.5. The van der Waals surface area contributed by atoms with Crippen LogP contribution in [-0.2, 0) is 4.74 Å². The molecule has 6 heteroatoms. The molecule has 3 aromatic rings. The van der Waals surface area contributed by atoms with E-state index in [1.165, 1.54) is 31.4 Å². The number of hydrogen-bond acceptors (Lipinski definition) is 6. The molecule has 0 atom stereocenters. The second-order valence-electron chi connectivity index (χ2n) is 6.62. The summed E-state index contributed by atoms with van der Waals surface area (Å²) in [4.78, 5) is 37.2. The summed E-state index contributed by atoms with van der Waals surface area (Å²) in [6.45, 7) is 0. The van der Waals surface area contributed by atoms with Crippen molar-refractivity contribution < 1.29 is 28.6 Å². The van der Waals surface area contributed by atoms with E-state index < -0.39 is 17.5 Å². The Morgan fingerprint density at radius 1 is 0.688 bits per heavy atom. The van der Waals surface area contributed by atoms with Gasteiger partial charge in [0.15, 0.2) is 0 Å². The number of rotatable bonds is 6. The highest BCUT2D eigenvalue weighted by atomic mass is 16.5. The fourth-order valence-electron chi connectivity index (χ4n) is 2.94. The molecule has 0 aromatic heterocycles. The van der Waals surface area contributed by atoms with E-state index in [1.807, 2.05) is 0 Å². The van der Waals surface area contributed by atoms with Crippen LogP contribution < -0.4 is 9.47 Å². The Bertz CT molecular complexity index is 1210. The average molecular weight is 428 g/mol. The van der Waals surface area contributed by atoms with Crippen LogP contribution in [0.1, 0.15) is 42.2 Å². The van der Waals surface area contributed by atoms with Gasteiger partial charge in [-0.25, -0.2) is 4.79 Å². The van der Waals surface area contributed by atoms with E-state index in [1.54, 1.807) is 56.7 Å². The summed E-state index contributed by atoms with van der Waals surface area (Å²) in [6, 6.07) is 17.6. The summed E-state index contributed by atoms with van der Waals surface area (Å²) in [5.41, 5.74) is 1.70. The highest BCUT2D eigenvalue weighted by Crippen LogP contribution is 2.22. The number of Topliss-reactive ketones (excluding diaryl/α,β-unsaturated/α-hetero) is 2. The summed E-state index contributed by atoms with van der Waals surface area (Å²) >= 11 is 0. The van der Waals surface area contributed by atoms with Gasteiger partial charge < -0.3 is 14.2 Å². The molecule has 3 rings (SSSR count). The smallest absolute Gasteiger partial charge is 0.337 e. The molecule has 0 bridgehead atoms. The normalized spacial score (nSPS) is 9.84. The highest BCUT2D eigenvalue weighted by Gasteiger charge is 2.21. The predicted molar refractivity (Wildman–Crippen MR) is 118 cm³/mol. The number of hydrogen-bond donors (Lipinski definition) is 0. The van der Waals surface area contributed by atoms with E-state index in [-0.39, 0.29) is 16.7 Å². The van der Waals surface area contributed by atoms with E-state index in [2.05, 4.69) is 16.6 Å². The Hall–Kier alpha value is -4.37. The molecule has 0 N–H and O–H groups in total. The van der Waals surface area contributed by atoms with E-state index >= 15 is 0 Å². The van der Waals surface area contributed by atoms with Gasteiger partial charge in [-0.1, -0.05) is 36.1 Å². The molecular weight excluding hydrogens is 408 g/mol. The van der Waals surface area contributed by atoms with Crippen molar-refractivity contribution in [1.29, 1.82) is 0 Å². The molecule has 6 nitrogen and oxygen atoms in total. The molecule has 0 saturated heterocycles. The molecular formula is C26H20O6. The van der Waals surface area contributed by atoms with Gasteiger partial charge in [0.25, 0.3) is 0 Å². The second kappa shape index (κ2) is 10.1. The van der Waals surface area contributed by atoms with Crippen LogP contribution in [0.3, 0.4) is 0 Å². The third-order valence-corrected chi connectivity index (χ3v) is 4.64. The Morgan fingerprint density at radius 2 is 1.28 bits per heavy atom. The van der Waals surface area contributed by atoms with Gasteiger partial charge in [0.1, 0.15) is 11.5 Å². The highest BCUT2D eigenvalue weighted by molar-refractivity contribution is 6.49. The molecule has 0 fully saturated rings. The lowest BCUT2D eigenvalue weighted by molar-refractivity contribution is 0.0600. The van der Waals surface area contributed by atoms with Crippen molar-refractivity contribution in [3.63, 3.8) is 0 Å². The molecule has 0 heterocycles. The van der Waals surface area contributed by atoms with Gasteiger partial charge >= 0.3 is 5.97 Å². The van der Waals surface area contributed by atoms with Crippen molar-refractivity contribution in [3.05, 3.63) is 94.5 Å². The van der Waals surface area contributed by atoms with Crippen LogP contribution >= 0.6 is 0 Å². The minimum atomic E-state index is -0.696. The molecule has 0 amide bonds. The molecule has 0 unspecified atom stereocenters. The summed E-state index contributed by atoms with van der Waals surface area (Å²) in [5, 5.41) is 0. The van der Waals surface area contributed by atoms with Crippen LogP contribution in [0.15, 0.2) is 66.7 Å². The van der Waals surface area contributed by atoms with Gasteiger partial charge in [0.2, 0.25) is 11.6 Å². The maximum absolute atomic E-state index is 12.9. The molecule has 0 radical (unpaired) electrons. The molecule has 0 spiro atoms. The Kier molecular flexibility index (Phi) is 7.04. The minimum Gasteiger partial charge on any atom is -0.497 e. The van der Waals surface area contributed by atoms with Crippen molar-refractivity contribution >= 4 is 17.5 Å². The Morgan fingerprint density at radius 3 is 1.88 bits per heavy atom. The minimum absolute atomic E-state index is 0.169. The Balaban J connectivity index is 1.90. The van der Waals surface area contributed by atoms with E-state index in [4.69, 9.17) is 9.47 Å². The third-order valence-electron chi connectivity index (χ3n) is 4.64. The topological polar surface area (TPSA) is 78.9 Å². The number of ketones is 2. The average Bonchev–Trinajstić information content (AvgIpc) is 2.86. The monoisotopic (exact) mass is 428 g/mol. The molecule has 0 aliphatic rings. The maximum Gasteiger partial charge on any atom is 0.337 e. The van der Waals surface area contributed by atoms with Gasteiger partial charge in [0.05, 0.1) is 26.9 Å². The van der Waals surface area contributed by atoms with Crippen LogP contribution in [-0.4, -0.2) is 38.9 Å². The summed E-state index contributed by atoms with van der Waals surface area (Å²) in [6.07, 6.45) is 0. The van der Waals surface area contributed by atoms with Crippen LogP contribution in [0.25, 0.3) is 0 Å². The van der Waals surface area contributed by atoms with Gasteiger partial charge in [-0.05, 0) is 36.4 Å². The van der Waals surface area contributed by atoms with Crippen molar-refractivity contribution in [1.82, 2.24) is 0 Å². The lowest BCUT2D eigenvalue weighted by Gasteiger charge is -2.05. The van der Waals surface area contributed by atoms with Crippen molar-refractivity contribution in [2.45, 2.75) is 0 Å². The molecule has 3 aromatic carbocycles. The van der Waals surface area contributed by atoms with Crippen LogP contribution in [0.4, 0.5) is 0 Å². The zero-order valence-electron chi connectivity index (χ0n) is 17.8. The van der Waals surface area contributed by atoms with Crippen LogP contribution in [0.5, 0.6) is 11.5 Å². The molecule has 0 aliphatic carbocycles. The van der Waals surface area contributed by atoms with Gasteiger partial charge in [-0.3, -0.25) is 9.59 Å². The fourth-order valence-corrected chi connectivity index (χ4v) is 2.94. The van der Waals surface area contributed by atoms with Crippen LogP contribution in [0, 0.1) is 11.8 Å². The fraction of sp³-hybridized carbons (Fsp3) is 0.115. The predicted octanol–water partition coefficient (Wildman–Crippen LogP) is 3.96. The first-order valence-corrected chi connectivity index (χ1v) is 9.58. The molecule has 0 aliphatic heterocycles. The van der Waals surface area contributed by atoms with Crippen molar-refractivity contribution in [3.8, 4) is 23.3 Å². The summed E-state index contributed by atoms with van der Waals surface area (Å²) < 4.78 is 15.1. The number of carbonyl (C=O) groups is 3. The number of benzene rings is 3. The largest absolute Gasteiger partial charge is 0.497 e. The quantitative estimate of drug-likeness (QED) is 0.256. The summed E-state index contributed by atoms with van der Waals surface area (Å²) in [7, 11) is 4.36. The first kappa shape index (κ1) is 22.3. The van der Waals surface area contributed by atoms with Crippen LogP contribution in [0.2, 0.25) is 0 Å². The van der Waals surface area contributed by atoms with Crippen molar-refractivity contribution in [2.24, 2.45) is 0 Å².